The molecule has 2 fully saturated rings. The summed E-state index contributed by atoms with van der Waals surface area (Å²) in [4.78, 5) is 0. The number of rotatable bonds is 16. The summed E-state index contributed by atoms with van der Waals surface area (Å²) in [7, 11) is 0. The quantitative estimate of drug-likeness (QED) is 0.167. The van der Waals surface area contributed by atoms with E-state index < -0.39 is 6.48 Å². The van der Waals surface area contributed by atoms with Crippen molar-refractivity contribution in [2.75, 3.05) is 13.1 Å². The van der Waals surface area contributed by atoms with Crippen LogP contribution in [0.15, 0.2) is 0 Å². The average molecular weight is 504 g/mol. The fraction of sp³-hybridized carbons (Fsp3) is 1.00. The van der Waals surface area contributed by atoms with Gasteiger partial charge in [-0.05, 0) is 74.5 Å². The summed E-state index contributed by atoms with van der Waals surface area (Å²) in [5.41, 5.74) is 7.80. The molecule has 0 radical (unpaired) electrons. The zero-order valence-corrected chi connectivity index (χ0v) is 24.4. The first-order chi connectivity index (χ1) is 15.6. The summed E-state index contributed by atoms with van der Waals surface area (Å²) in [5.74, 6) is 0. The molecule has 2 aliphatic rings. The fourth-order valence-corrected chi connectivity index (χ4v) is 12.1. The van der Waals surface area contributed by atoms with Gasteiger partial charge in [0.1, 0.15) is 6.48 Å². The van der Waals surface area contributed by atoms with Crippen LogP contribution < -0.4 is 5.50 Å². The van der Waals surface area contributed by atoms with Crippen LogP contribution in [0.3, 0.4) is 0 Å². The summed E-state index contributed by atoms with van der Waals surface area (Å²) in [6.07, 6.45) is 24.4. The highest BCUT2D eigenvalue weighted by Crippen LogP contribution is 2.62. The number of piperidine rings is 2. The van der Waals surface area contributed by atoms with Crippen molar-refractivity contribution in [1.82, 2.24) is 8.61 Å². The van der Waals surface area contributed by atoms with Crippen molar-refractivity contribution in [3.8, 4) is 0 Å². The Kier molecular flexibility index (Phi) is 14.5. The van der Waals surface area contributed by atoms with Gasteiger partial charge in [0.2, 0.25) is 0 Å². The second-order valence-corrected chi connectivity index (χ2v) is 16.2. The lowest BCUT2D eigenvalue weighted by molar-refractivity contribution is 0.116. The smallest absolute Gasteiger partial charge is 0.114 e. The Morgan fingerprint density at radius 3 is 1.28 bits per heavy atom. The first-order valence-corrected chi connectivity index (χ1v) is 18.2. The Balaban J connectivity index is 2.09. The molecule has 0 spiro atoms. The highest BCUT2D eigenvalue weighted by Gasteiger charge is 2.42. The van der Waals surface area contributed by atoms with Crippen LogP contribution in [0.5, 0.6) is 0 Å². The SMILES string of the molecule is CCCCC1(CCCC)CCCCN1SP(N)SN1CCCCC1(CCCC)CCCC. The van der Waals surface area contributed by atoms with Crippen molar-refractivity contribution in [2.24, 2.45) is 5.50 Å². The molecule has 0 unspecified atom stereocenters. The van der Waals surface area contributed by atoms with Gasteiger partial charge in [-0.2, -0.15) is 0 Å². The molecule has 3 nitrogen and oxygen atoms in total. The maximum absolute atomic E-state index is 7.00. The van der Waals surface area contributed by atoms with Crippen molar-refractivity contribution < 1.29 is 0 Å². The van der Waals surface area contributed by atoms with Crippen LogP contribution in [-0.2, 0) is 0 Å². The third kappa shape index (κ3) is 8.59. The third-order valence-corrected chi connectivity index (χ3v) is 13.1. The number of hydrogen-bond donors (Lipinski definition) is 1. The number of unbranched alkanes of at least 4 members (excludes halogenated alkanes) is 4. The van der Waals surface area contributed by atoms with Gasteiger partial charge in [-0.1, -0.05) is 91.9 Å². The van der Waals surface area contributed by atoms with Crippen LogP contribution in [0, 0.1) is 0 Å². The van der Waals surface area contributed by atoms with E-state index in [1.54, 1.807) is 0 Å². The van der Waals surface area contributed by atoms with Gasteiger partial charge in [-0.15, -0.1) is 0 Å². The molecule has 0 aromatic rings. The molecule has 0 bridgehead atoms. The standard InChI is InChI=1S/C26H54N3PS2/c1-5-9-17-25(18-10-6-2)21-13-15-23-28(25)31-30(27)32-29-24-16-14-22-26(29,19-11-7-3)20-12-8-4/h5-24,27H2,1-4H3. The van der Waals surface area contributed by atoms with E-state index >= 15 is 0 Å². The molecule has 2 saturated heterocycles. The molecule has 0 aliphatic carbocycles. The molecule has 2 aliphatic heterocycles. The molecule has 190 valence electrons. The summed E-state index contributed by atoms with van der Waals surface area (Å²) in [5, 5.41) is 0. The van der Waals surface area contributed by atoms with Crippen LogP contribution >= 0.6 is 29.6 Å². The van der Waals surface area contributed by atoms with Crippen molar-refractivity contribution in [3.63, 3.8) is 0 Å². The van der Waals surface area contributed by atoms with Crippen LogP contribution in [0.1, 0.15) is 143 Å². The minimum atomic E-state index is -0.618. The molecule has 0 amide bonds. The van der Waals surface area contributed by atoms with Gasteiger partial charge in [0.15, 0.2) is 0 Å². The zero-order valence-electron chi connectivity index (χ0n) is 21.9. The van der Waals surface area contributed by atoms with Gasteiger partial charge in [-0.3, -0.25) is 5.50 Å². The number of hydrogen-bond acceptors (Lipinski definition) is 5. The van der Waals surface area contributed by atoms with Crippen molar-refractivity contribution >= 4 is 29.6 Å². The second-order valence-electron chi connectivity index (χ2n) is 10.4. The van der Waals surface area contributed by atoms with Gasteiger partial charge in [0.05, 0.1) is 0 Å². The topological polar surface area (TPSA) is 32.5 Å². The van der Waals surface area contributed by atoms with E-state index in [-0.39, 0.29) is 0 Å². The molecule has 0 aromatic heterocycles. The monoisotopic (exact) mass is 503 g/mol. The Bertz CT molecular complexity index is 436. The number of nitrogens with two attached hydrogens (primary N) is 1. The molecule has 2 N–H and O–H groups in total. The summed E-state index contributed by atoms with van der Waals surface area (Å²) < 4.78 is 5.62. The molecule has 0 saturated carbocycles. The van der Waals surface area contributed by atoms with Gasteiger partial charge in [0.25, 0.3) is 0 Å². The van der Waals surface area contributed by atoms with E-state index in [2.05, 4.69) is 59.4 Å². The molecule has 0 aromatic carbocycles. The summed E-state index contributed by atoms with van der Waals surface area (Å²) in [6, 6.07) is 0. The van der Waals surface area contributed by atoms with Gasteiger partial charge in [-0.25, -0.2) is 8.61 Å². The zero-order chi connectivity index (χ0) is 23.3. The highest BCUT2D eigenvalue weighted by atomic mass is 33.1. The second kappa shape index (κ2) is 15.9. The van der Waals surface area contributed by atoms with E-state index in [9.17, 15) is 0 Å². The van der Waals surface area contributed by atoms with Crippen LogP contribution in [0.2, 0.25) is 0 Å². The maximum Gasteiger partial charge on any atom is 0.114 e. The van der Waals surface area contributed by atoms with Crippen molar-refractivity contribution in [1.29, 1.82) is 0 Å². The van der Waals surface area contributed by atoms with Gasteiger partial charge >= 0.3 is 0 Å². The molecule has 2 heterocycles. The van der Waals surface area contributed by atoms with E-state index in [0.717, 1.165) is 0 Å². The molecule has 6 heteroatoms. The van der Waals surface area contributed by atoms with Gasteiger partial charge in [0, 0.05) is 24.2 Å². The first kappa shape index (κ1) is 29.2. The van der Waals surface area contributed by atoms with Crippen LogP contribution in [-0.4, -0.2) is 32.8 Å². The maximum atomic E-state index is 7.00. The number of nitrogens with zero attached hydrogens (tertiary/aromatic N) is 2. The summed E-state index contributed by atoms with van der Waals surface area (Å²) in [6.45, 7) is 11.3. The van der Waals surface area contributed by atoms with Crippen molar-refractivity contribution in [2.45, 2.75) is 154 Å². The molecule has 0 atom stereocenters. The van der Waals surface area contributed by atoms with Crippen molar-refractivity contribution in [3.05, 3.63) is 0 Å². The largest absolute Gasteiger partial charge is 0.291 e. The predicted molar refractivity (Wildman–Crippen MR) is 151 cm³/mol. The lowest BCUT2D eigenvalue weighted by Crippen LogP contribution is -2.49. The van der Waals surface area contributed by atoms with Gasteiger partial charge < -0.3 is 0 Å². The Hall–Kier alpha value is 1.01. The van der Waals surface area contributed by atoms with E-state index in [0.29, 0.717) is 11.1 Å². The molecule has 32 heavy (non-hydrogen) atoms. The minimum Gasteiger partial charge on any atom is -0.291 e. The van der Waals surface area contributed by atoms with E-state index in [4.69, 9.17) is 5.50 Å². The Morgan fingerprint density at radius 2 is 0.969 bits per heavy atom. The lowest BCUT2D eigenvalue weighted by Gasteiger charge is -2.50. The lowest BCUT2D eigenvalue weighted by atomic mass is 9.80. The Morgan fingerprint density at radius 1 is 0.625 bits per heavy atom. The molecular formula is C26H54N3PS2. The van der Waals surface area contributed by atoms with Crippen LogP contribution in [0.4, 0.5) is 0 Å². The molecular weight excluding hydrogens is 449 g/mol. The highest BCUT2D eigenvalue weighted by molar-refractivity contribution is 8.86. The normalized spacial score (nSPS) is 21.9. The first-order valence-electron chi connectivity index (χ1n) is 14.0. The fourth-order valence-electron chi connectivity index (χ4n) is 5.88. The minimum absolute atomic E-state index is 0.402. The van der Waals surface area contributed by atoms with Crippen LogP contribution in [0.25, 0.3) is 0 Å². The third-order valence-electron chi connectivity index (χ3n) is 7.91. The average Bonchev–Trinajstić information content (AvgIpc) is 2.81. The van der Waals surface area contributed by atoms with E-state index in [1.165, 1.54) is 129 Å². The summed E-state index contributed by atoms with van der Waals surface area (Å²) >= 11 is 4.14. The van der Waals surface area contributed by atoms with E-state index in [1.807, 2.05) is 0 Å². The Labute approximate surface area is 210 Å². The predicted octanol–water partition coefficient (Wildman–Crippen LogP) is 9.68. The molecule has 2 rings (SSSR count).